The van der Waals surface area contributed by atoms with Crippen LogP contribution >= 0.6 is 0 Å². The lowest BCUT2D eigenvalue weighted by Crippen LogP contribution is -2.63. The van der Waals surface area contributed by atoms with E-state index in [2.05, 4.69) is 0 Å². The van der Waals surface area contributed by atoms with E-state index in [9.17, 15) is 20.4 Å². The van der Waals surface area contributed by atoms with E-state index in [-0.39, 0.29) is 11.8 Å². The van der Waals surface area contributed by atoms with E-state index >= 15 is 0 Å². The van der Waals surface area contributed by atoms with E-state index in [4.69, 9.17) is 0 Å². The molecule has 0 saturated heterocycles. The van der Waals surface area contributed by atoms with Crippen molar-refractivity contribution in [2.45, 2.75) is 95.0 Å². The van der Waals surface area contributed by atoms with E-state index < -0.39 is 23.9 Å². The van der Waals surface area contributed by atoms with Crippen molar-refractivity contribution in [1.82, 2.24) is 0 Å². The summed E-state index contributed by atoms with van der Waals surface area (Å²) in [6.45, 7) is 1.49. The zero-order valence-corrected chi connectivity index (χ0v) is 13.2. The van der Waals surface area contributed by atoms with Gasteiger partial charge in [-0.1, -0.05) is 38.5 Å². The van der Waals surface area contributed by atoms with Crippen molar-refractivity contribution in [2.75, 3.05) is 0 Å². The van der Waals surface area contributed by atoms with Crippen molar-refractivity contribution in [3.63, 3.8) is 0 Å². The summed E-state index contributed by atoms with van der Waals surface area (Å²) >= 11 is 0. The van der Waals surface area contributed by atoms with Crippen LogP contribution in [0.25, 0.3) is 0 Å². The fourth-order valence-electron chi connectivity index (χ4n) is 4.44. The molecule has 0 radical (unpaired) electrons. The van der Waals surface area contributed by atoms with Crippen LogP contribution in [0.3, 0.4) is 0 Å². The first kappa shape index (κ1) is 17.2. The van der Waals surface area contributed by atoms with E-state index in [1.165, 1.54) is 13.3 Å². The molecule has 4 unspecified atom stereocenters. The zero-order chi connectivity index (χ0) is 15.5. The highest BCUT2D eigenvalue weighted by molar-refractivity contribution is 5.03. The van der Waals surface area contributed by atoms with Crippen LogP contribution in [0.15, 0.2) is 0 Å². The molecule has 4 heteroatoms. The molecule has 2 rings (SSSR count). The molecular weight excluding hydrogens is 268 g/mol. The zero-order valence-electron chi connectivity index (χ0n) is 13.2. The van der Waals surface area contributed by atoms with Gasteiger partial charge in [-0.25, -0.2) is 0 Å². The third-order valence-electron chi connectivity index (χ3n) is 5.76. The maximum absolute atomic E-state index is 11.2. The van der Waals surface area contributed by atoms with Gasteiger partial charge >= 0.3 is 0 Å². The smallest absolute Gasteiger partial charge is 0.122 e. The summed E-state index contributed by atoms with van der Waals surface area (Å²) in [7, 11) is 0. The largest absolute Gasteiger partial charge is 0.391 e. The van der Waals surface area contributed by atoms with Crippen LogP contribution in [0.5, 0.6) is 0 Å². The topological polar surface area (TPSA) is 80.9 Å². The molecule has 2 fully saturated rings. The monoisotopic (exact) mass is 300 g/mol. The van der Waals surface area contributed by atoms with Gasteiger partial charge in [0.1, 0.15) is 11.7 Å². The van der Waals surface area contributed by atoms with Gasteiger partial charge < -0.3 is 20.4 Å². The van der Waals surface area contributed by atoms with Crippen molar-refractivity contribution < 1.29 is 20.4 Å². The molecule has 0 aliphatic heterocycles. The second-order valence-electron chi connectivity index (χ2n) is 7.25. The van der Waals surface area contributed by atoms with Crippen LogP contribution < -0.4 is 0 Å². The molecule has 2 aliphatic rings. The predicted octanol–water partition coefficient (Wildman–Crippen LogP) is 1.98. The first-order valence-corrected chi connectivity index (χ1v) is 8.74. The van der Waals surface area contributed by atoms with Gasteiger partial charge in [0, 0.05) is 0 Å². The van der Waals surface area contributed by atoms with Crippen LogP contribution in [0, 0.1) is 11.8 Å². The average molecular weight is 300 g/mol. The molecule has 4 atom stereocenters. The van der Waals surface area contributed by atoms with Gasteiger partial charge in [0.25, 0.3) is 0 Å². The van der Waals surface area contributed by atoms with Gasteiger partial charge in [0.2, 0.25) is 0 Å². The summed E-state index contributed by atoms with van der Waals surface area (Å²) in [6.07, 6.45) is 6.74. The summed E-state index contributed by atoms with van der Waals surface area (Å²) in [5.41, 5.74) is -1.57. The van der Waals surface area contributed by atoms with Crippen molar-refractivity contribution in [1.29, 1.82) is 0 Å². The van der Waals surface area contributed by atoms with Crippen LogP contribution in [-0.4, -0.2) is 44.3 Å². The van der Waals surface area contributed by atoms with Crippen LogP contribution in [0.2, 0.25) is 0 Å². The molecule has 0 bridgehead atoms. The molecule has 0 aromatic rings. The maximum Gasteiger partial charge on any atom is 0.122 e. The summed E-state index contributed by atoms with van der Waals surface area (Å²) in [5.74, 6) is -0.0770. The standard InChI is InChI=1S/C17H32O4/c1-12(18)15(19)17(21,14-10-6-3-7-11-14)16(20)13-8-4-2-5-9-13/h12-16,18-21H,2-11H2,1H3. The van der Waals surface area contributed by atoms with Gasteiger partial charge in [0.15, 0.2) is 0 Å². The minimum Gasteiger partial charge on any atom is -0.391 e. The Morgan fingerprint density at radius 2 is 1.29 bits per heavy atom. The van der Waals surface area contributed by atoms with Gasteiger partial charge in [0.05, 0.1) is 12.2 Å². The Labute approximate surface area is 128 Å². The SMILES string of the molecule is CC(O)C(O)C(O)(C1CCCCC1)C(O)C1CCCCC1. The normalized spacial score (nSPS) is 29.6. The van der Waals surface area contributed by atoms with Crippen LogP contribution in [0.4, 0.5) is 0 Å². The van der Waals surface area contributed by atoms with Crippen molar-refractivity contribution in [3.05, 3.63) is 0 Å². The fourth-order valence-corrected chi connectivity index (χ4v) is 4.44. The fraction of sp³-hybridized carbons (Fsp3) is 1.00. The summed E-state index contributed by atoms with van der Waals surface area (Å²) in [4.78, 5) is 0. The Morgan fingerprint density at radius 3 is 1.76 bits per heavy atom. The molecule has 0 aromatic heterocycles. The molecule has 2 aliphatic carbocycles. The average Bonchev–Trinajstić information content (AvgIpc) is 2.54. The second kappa shape index (κ2) is 7.40. The Bertz CT molecular complexity index is 308. The lowest BCUT2D eigenvalue weighted by Gasteiger charge is -2.48. The van der Waals surface area contributed by atoms with Crippen molar-refractivity contribution in [2.24, 2.45) is 11.8 Å². The molecule has 0 heterocycles. The first-order valence-electron chi connectivity index (χ1n) is 8.74. The van der Waals surface area contributed by atoms with E-state index in [1.54, 1.807) is 0 Å². The highest BCUT2D eigenvalue weighted by Crippen LogP contribution is 2.42. The van der Waals surface area contributed by atoms with Gasteiger partial charge in [-0.05, 0) is 44.4 Å². The van der Waals surface area contributed by atoms with Crippen LogP contribution in [-0.2, 0) is 0 Å². The van der Waals surface area contributed by atoms with Crippen LogP contribution in [0.1, 0.15) is 71.1 Å². The Kier molecular flexibility index (Phi) is 6.06. The lowest BCUT2D eigenvalue weighted by atomic mass is 9.65. The number of aliphatic hydroxyl groups excluding tert-OH is 3. The molecule has 0 spiro atoms. The minimum atomic E-state index is -1.57. The van der Waals surface area contributed by atoms with E-state index in [0.29, 0.717) is 0 Å². The highest BCUT2D eigenvalue weighted by atomic mass is 16.4. The van der Waals surface area contributed by atoms with Crippen molar-refractivity contribution in [3.8, 4) is 0 Å². The quantitative estimate of drug-likeness (QED) is 0.626. The van der Waals surface area contributed by atoms with Gasteiger partial charge in [-0.2, -0.15) is 0 Å². The predicted molar refractivity (Wildman–Crippen MR) is 81.8 cm³/mol. The van der Waals surface area contributed by atoms with Crippen molar-refractivity contribution >= 4 is 0 Å². The number of hydrogen-bond acceptors (Lipinski definition) is 4. The molecule has 2 saturated carbocycles. The first-order chi connectivity index (χ1) is 9.98. The number of rotatable bonds is 5. The third-order valence-corrected chi connectivity index (χ3v) is 5.76. The molecular formula is C17H32O4. The lowest BCUT2D eigenvalue weighted by molar-refractivity contribution is -0.220. The van der Waals surface area contributed by atoms with Gasteiger partial charge in [-0.15, -0.1) is 0 Å². The Balaban J connectivity index is 2.20. The molecule has 21 heavy (non-hydrogen) atoms. The highest BCUT2D eigenvalue weighted by Gasteiger charge is 2.52. The molecule has 4 nitrogen and oxygen atoms in total. The summed E-state index contributed by atoms with van der Waals surface area (Å²) < 4.78 is 0. The van der Waals surface area contributed by atoms with E-state index in [1.807, 2.05) is 0 Å². The Hall–Kier alpha value is -0.160. The maximum atomic E-state index is 11.2. The molecule has 124 valence electrons. The Morgan fingerprint density at radius 1 is 0.810 bits per heavy atom. The summed E-state index contributed by atoms with van der Waals surface area (Å²) in [6, 6.07) is 0. The molecule has 4 N–H and O–H groups in total. The number of hydrogen-bond donors (Lipinski definition) is 4. The second-order valence-corrected chi connectivity index (χ2v) is 7.25. The van der Waals surface area contributed by atoms with E-state index in [0.717, 1.165) is 57.8 Å². The molecule has 0 amide bonds. The number of aliphatic hydroxyl groups is 4. The minimum absolute atomic E-state index is 0.0408. The summed E-state index contributed by atoms with van der Waals surface area (Å²) in [5, 5.41) is 42.3. The van der Waals surface area contributed by atoms with Gasteiger partial charge in [-0.3, -0.25) is 0 Å². The molecule has 0 aromatic carbocycles. The third kappa shape index (κ3) is 3.61.